The van der Waals surface area contributed by atoms with Crippen molar-refractivity contribution in [2.24, 2.45) is 5.92 Å². The lowest BCUT2D eigenvalue weighted by molar-refractivity contribution is 0.0484. The average molecular weight is 183 g/mol. The highest BCUT2D eigenvalue weighted by atomic mass is 16.5. The molecule has 4 nitrogen and oxygen atoms in total. The first kappa shape index (κ1) is 10.1. The van der Waals surface area contributed by atoms with Crippen LogP contribution in [0.3, 0.4) is 0 Å². The molecule has 0 bridgehead atoms. The molecule has 4 heteroatoms. The van der Waals surface area contributed by atoms with Crippen molar-refractivity contribution in [2.45, 2.75) is 26.5 Å². The summed E-state index contributed by atoms with van der Waals surface area (Å²) >= 11 is 0. The zero-order valence-corrected chi connectivity index (χ0v) is 8.40. The van der Waals surface area contributed by atoms with Crippen LogP contribution in [0.25, 0.3) is 0 Å². The topological polar surface area (TPSA) is 53.1 Å². The van der Waals surface area contributed by atoms with Gasteiger partial charge in [-0.05, 0) is 12.0 Å². The van der Waals surface area contributed by atoms with Gasteiger partial charge in [-0.25, -0.2) is 0 Å². The van der Waals surface area contributed by atoms with Gasteiger partial charge < -0.3 is 10.5 Å². The molecule has 0 saturated heterocycles. The molecule has 74 valence electrons. The maximum atomic E-state index is 5.50. The maximum absolute atomic E-state index is 5.50. The van der Waals surface area contributed by atoms with E-state index in [9.17, 15) is 0 Å². The van der Waals surface area contributed by atoms with E-state index in [-0.39, 0.29) is 6.10 Å². The minimum absolute atomic E-state index is 0.194. The Labute approximate surface area is 78.7 Å². The Kier molecular flexibility index (Phi) is 3.31. The second kappa shape index (κ2) is 4.28. The Morgan fingerprint density at radius 2 is 2.31 bits per heavy atom. The van der Waals surface area contributed by atoms with Crippen molar-refractivity contribution < 1.29 is 4.74 Å². The molecule has 1 aromatic heterocycles. The van der Waals surface area contributed by atoms with Crippen LogP contribution in [0, 0.1) is 5.92 Å². The summed E-state index contributed by atoms with van der Waals surface area (Å²) in [4.78, 5) is 0. The first-order chi connectivity index (χ1) is 6.13. The van der Waals surface area contributed by atoms with Crippen LogP contribution in [-0.2, 0) is 11.3 Å². The number of methoxy groups -OCH3 is 1. The van der Waals surface area contributed by atoms with E-state index in [2.05, 4.69) is 18.9 Å². The summed E-state index contributed by atoms with van der Waals surface area (Å²) in [5.41, 5.74) is 5.50. The van der Waals surface area contributed by atoms with Crippen LogP contribution >= 0.6 is 0 Å². The van der Waals surface area contributed by atoms with Crippen molar-refractivity contribution in [1.82, 2.24) is 9.78 Å². The fourth-order valence-electron chi connectivity index (χ4n) is 1.22. The first-order valence-corrected chi connectivity index (χ1v) is 4.45. The summed E-state index contributed by atoms with van der Waals surface area (Å²) in [6.07, 6.45) is 2.06. The smallest absolute Gasteiger partial charge is 0.145 e. The highest BCUT2D eigenvalue weighted by Crippen LogP contribution is 2.08. The standard InChI is InChI=1S/C9H17N3O/c1-7(2)8(13-3)6-12-5-4-9(10)11-12/h4-5,7-8H,6H2,1-3H3,(H2,10,11). The molecule has 0 spiro atoms. The SMILES string of the molecule is COC(Cn1ccc(N)n1)C(C)C. The summed E-state index contributed by atoms with van der Waals surface area (Å²) in [6.45, 7) is 5.01. The van der Waals surface area contributed by atoms with Crippen LogP contribution < -0.4 is 5.73 Å². The molecular weight excluding hydrogens is 166 g/mol. The van der Waals surface area contributed by atoms with Gasteiger partial charge in [0, 0.05) is 13.3 Å². The molecular formula is C9H17N3O. The Balaban J connectivity index is 2.56. The molecule has 0 aliphatic rings. The Bertz CT molecular complexity index is 257. The highest BCUT2D eigenvalue weighted by Gasteiger charge is 2.12. The van der Waals surface area contributed by atoms with Crippen molar-refractivity contribution in [2.75, 3.05) is 12.8 Å². The number of aromatic nitrogens is 2. The number of ether oxygens (including phenoxy) is 1. The molecule has 0 saturated carbocycles. The summed E-state index contributed by atoms with van der Waals surface area (Å²) in [5, 5.41) is 4.10. The molecule has 1 unspecified atom stereocenters. The van der Waals surface area contributed by atoms with Gasteiger partial charge in [-0.3, -0.25) is 4.68 Å². The van der Waals surface area contributed by atoms with E-state index in [1.807, 2.05) is 10.9 Å². The largest absolute Gasteiger partial charge is 0.382 e. The van der Waals surface area contributed by atoms with E-state index in [1.165, 1.54) is 0 Å². The van der Waals surface area contributed by atoms with E-state index in [0.717, 1.165) is 6.54 Å². The van der Waals surface area contributed by atoms with Gasteiger partial charge in [-0.1, -0.05) is 13.8 Å². The number of nitrogen functional groups attached to an aromatic ring is 1. The molecule has 13 heavy (non-hydrogen) atoms. The number of rotatable bonds is 4. The van der Waals surface area contributed by atoms with Crippen LogP contribution in [0.1, 0.15) is 13.8 Å². The Morgan fingerprint density at radius 1 is 1.62 bits per heavy atom. The van der Waals surface area contributed by atoms with Crippen molar-refractivity contribution in [3.8, 4) is 0 Å². The average Bonchev–Trinajstić information content (AvgIpc) is 2.46. The lowest BCUT2D eigenvalue weighted by Crippen LogP contribution is -2.24. The van der Waals surface area contributed by atoms with E-state index < -0.39 is 0 Å². The van der Waals surface area contributed by atoms with Gasteiger partial charge in [-0.15, -0.1) is 0 Å². The van der Waals surface area contributed by atoms with Crippen molar-refractivity contribution in [3.63, 3.8) is 0 Å². The third-order valence-corrected chi connectivity index (χ3v) is 2.07. The summed E-state index contributed by atoms with van der Waals surface area (Å²) in [7, 11) is 1.72. The van der Waals surface area contributed by atoms with Crippen LogP contribution in [0.4, 0.5) is 5.82 Å². The lowest BCUT2D eigenvalue weighted by atomic mass is 10.1. The van der Waals surface area contributed by atoms with Gasteiger partial charge in [0.05, 0.1) is 12.6 Å². The first-order valence-electron chi connectivity index (χ1n) is 4.45. The third kappa shape index (κ3) is 2.73. The molecule has 1 aromatic rings. The number of hydrogen-bond acceptors (Lipinski definition) is 3. The van der Waals surface area contributed by atoms with Crippen molar-refractivity contribution >= 4 is 5.82 Å². The van der Waals surface area contributed by atoms with E-state index >= 15 is 0 Å². The number of anilines is 1. The summed E-state index contributed by atoms with van der Waals surface area (Å²) in [6, 6.07) is 1.78. The number of nitrogens with two attached hydrogens (primary N) is 1. The number of nitrogens with zero attached hydrogens (tertiary/aromatic N) is 2. The van der Waals surface area contributed by atoms with E-state index in [0.29, 0.717) is 11.7 Å². The zero-order chi connectivity index (χ0) is 9.84. The van der Waals surface area contributed by atoms with E-state index in [1.54, 1.807) is 13.2 Å². The molecule has 1 rings (SSSR count). The predicted molar refractivity (Wildman–Crippen MR) is 52.3 cm³/mol. The van der Waals surface area contributed by atoms with Crippen LogP contribution in [0.5, 0.6) is 0 Å². The summed E-state index contributed by atoms with van der Waals surface area (Å²) in [5.74, 6) is 1.04. The molecule has 0 fully saturated rings. The van der Waals surface area contributed by atoms with Crippen LogP contribution in [-0.4, -0.2) is 23.0 Å². The second-order valence-electron chi connectivity index (χ2n) is 3.48. The Hall–Kier alpha value is -1.03. The lowest BCUT2D eigenvalue weighted by Gasteiger charge is -2.18. The van der Waals surface area contributed by atoms with Gasteiger partial charge in [0.2, 0.25) is 0 Å². The number of hydrogen-bond donors (Lipinski definition) is 1. The zero-order valence-electron chi connectivity index (χ0n) is 8.40. The molecule has 0 radical (unpaired) electrons. The minimum Gasteiger partial charge on any atom is -0.382 e. The molecule has 0 amide bonds. The van der Waals surface area contributed by atoms with Crippen molar-refractivity contribution in [3.05, 3.63) is 12.3 Å². The highest BCUT2D eigenvalue weighted by molar-refractivity contribution is 5.23. The Morgan fingerprint density at radius 3 is 2.69 bits per heavy atom. The third-order valence-electron chi connectivity index (χ3n) is 2.07. The van der Waals surface area contributed by atoms with Crippen LogP contribution in [0.15, 0.2) is 12.3 Å². The normalized spacial score (nSPS) is 13.5. The molecule has 2 N–H and O–H groups in total. The second-order valence-corrected chi connectivity index (χ2v) is 3.48. The van der Waals surface area contributed by atoms with Gasteiger partial charge in [0.1, 0.15) is 5.82 Å². The maximum Gasteiger partial charge on any atom is 0.145 e. The van der Waals surface area contributed by atoms with Crippen molar-refractivity contribution in [1.29, 1.82) is 0 Å². The molecule has 0 aliphatic carbocycles. The minimum atomic E-state index is 0.194. The monoisotopic (exact) mass is 183 g/mol. The molecule has 1 heterocycles. The van der Waals surface area contributed by atoms with Gasteiger partial charge >= 0.3 is 0 Å². The molecule has 0 aliphatic heterocycles. The summed E-state index contributed by atoms with van der Waals surface area (Å²) < 4.78 is 7.13. The molecule has 1 atom stereocenters. The van der Waals surface area contributed by atoms with Gasteiger partial charge in [0.25, 0.3) is 0 Å². The fourth-order valence-corrected chi connectivity index (χ4v) is 1.22. The van der Waals surface area contributed by atoms with Gasteiger partial charge in [-0.2, -0.15) is 5.10 Å². The molecule has 0 aromatic carbocycles. The van der Waals surface area contributed by atoms with Crippen LogP contribution in [0.2, 0.25) is 0 Å². The predicted octanol–water partition coefficient (Wildman–Crippen LogP) is 1.14. The van der Waals surface area contributed by atoms with E-state index in [4.69, 9.17) is 10.5 Å². The quantitative estimate of drug-likeness (QED) is 0.761. The fraction of sp³-hybridized carbons (Fsp3) is 0.667. The van der Waals surface area contributed by atoms with Gasteiger partial charge in [0.15, 0.2) is 0 Å².